The van der Waals surface area contributed by atoms with E-state index in [0.29, 0.717) is 0 Å². The maximum absolute atomic E-state index is 10.4. The second-order valence-corrected chi connectivity index (χ2v) is 7.32. The number of hydrogen-bond acceptors (Lipinski definition) is 4. The van der Waals surface area contributed by atoms with Crippen molar-refractivity contribution in [2.24, 2.45) is 0 Å². The lowest BCUT2D eigenvalue weighted by molar-refractivity contribution is 0.0545. The molecule has 1 saturated heterocycles. The van der Waals surface area contributed by atoms with E-state index in [1.807, 2.05) is 12.1 Å². The van der Waals surface area contributed by atoms with Crippen LogP contribution < -0.4 is 4.74 Å². The monoisotopic (exact) mass is 332 g/mol. The van der Waals surface area contributed by atoms with Crippen molar-refractivity contribution in [2.45, 2.75) is 50.7 Å². The Bertz CT molecular complexity index is 477. The number of benzene rings is 1. The van der Waals surface area contributed by atoms with Crippen LogP contribution in [0.25, 0.3) is 0 Å². The summed E-state index contributed by atoms with van der Waals surface area (Å²) in [5.41, 5.74) is 1.26. The third-order valence-electron chi connectivity index (χ3n) is 5.64. The summed E-state index contributed by atoms with van der Waals surface area (Å²) in [5.74, 6) is 0.888. The lowest BCUT2D eigenvalue weighted by atomic mass is 10.1. The number of ether oxygens (including phenoxy) is 1. The molecule has 1 aromatic rings. The van der Waals surface area contributed by atoms with Gasteiger partial charge in [0.1, 0.15) is 5.75 Å². The Morgan fingerprint density at radius 1 is 1.08 bits per heavy atom. The normalized spacial score (nSPS) is 21.9. The third kappa shape index (κ3) is 4.95. The Morgan fingerprint density at radius 2 is 1.75 bits per heavy atom. The molecule has 1 saturated carbocycles. The first kappa shape index (κ1) is 17.7. The molecule has 24 heavy (non-hydrogen) atoms. The number of β-amino-alcohol motifs (C(OH)–C–C–N with tert-alkyl or cyclic N) is 1. The molecule has 1 heterocycles. The summed E-state index contributed by atoms with van der Waals surface area (Å²) in [6.45, 7) is 5.38. The number of rotatable bonds is 7. The Labute approximate surface area is 146 Å². The zero-order valence-electron chi connectivity index (χ0n) is 15.0. The highest BCUT2D eigenvalue weighted by Gasteiger charge is 2.26. The van der Waals surface area contributed by atoms with Crippen LogP contribution in [0.3, 0.4) is 0 Å². The average molecular weight is 332 g/mol. The first-order valence-corrected chi connectivity index (χ1v) is 9.52. The molecule has 1 aromatic carbocycles. The zero-order valence-corrected chi connectivity index (χ0v) is 15.0. The number of aliphatic hydroxyl groups is 1. The van der Waals surface area contributed by atoms with E-state index in [2.05, 4.69) is 21.9 Å². The molecule has 2 aliphatic rings. The van der Waals surface area contributed by atoms with Gasteiger partial charge in [-0.25, -0.2) is 0 Å². The minimum Gasteiger partial charge on any atom is -0.497 e. The summed E-state index contributed by atoms with van der Waals surface area (Å²) < 4.78 is 5.18. The minimum absolute atomic E-state index is 0.231. The number of aliphatic hydroxyl groups excluding tert-OH is 1. The predicted octanol–water partition coefficient (Wildman–Crippen LogP) is 2.55. The van der Waals surface area contributed by atoms with Gasteiger partial charge in [0, 0.05) is 38.8 Å². The van der Waals surface area contributed by atoms with Gasteiger partial charge in [-0.3, -0.25) is 9.80 Å². The van der Waals surface area contributed by atoms with E-state index in [1.165, 1.54) is 44.3 Å². The third-order valence-corrected chi connectivity index (χ3v) is 5.64. The lowest BCUT2D eigenvalue weighted by Gasteiger charge is -2.38. The highest BCUT2D eigenvalue weighted by Crippen LogP contribution is 2.24. The van der Waals surface area contributed by atoms with E-state index in [0.717, 1.165) is 44.3 Å². The molecule has 0 amide bonds. The van der Waals surface area contributed by atoms with Crippen molar-refractivity contribution >= 4 is 0 Å². The zero-order chi connectivity index (χ0) is 16.8. The van der Waals surface area contributed by atoms with E-state index in [-0.39, 0.29) is 6.10 Å². The largest absolute Gasteiger partial charge is 0.497 e. The molecule has 3 rings (SSSR count). The Hall–Kier alpha value is -1.10. The molecule has 1 atom stereocenters. The van der Waals surface area contributed by atoms with Crippen molar-refractivity contribution in [3.63, 3.8) is 0 Å². The van der Waals surface area contributed by atoms with Gasteiger partial charge in [0.2, 0.25) is 0 Å². The first-order chi connectivity index (χ1) is 11.7. The molecule has 1 aliphatic carbocycles. The SMILES string of the molecule is COc1ccc(CCC(O)CN2CCN(C3CCCC3)CC2)cc1. The Morgan fingerprint density at radius 3 is 2.38 bits per heavy atom. The molecular formula is C20H32N2O2. The van der Waals surface area contributed by atoms with Crippen molar-refractivity contribution in [2.75, 3.05) is 39.8 Å². The van der Waals surface area contributed by atoms with Gasteiger partial charge in [-0.15, -0.1) is 0 Å². The summed E-state index contributed by atoms with van der Waals surface area (Å²) in [7, 11) is 1.69. The Balaban J connectivity index is 1.35. The molecule has 2 fully saturated rings. The first-order valence-electron chi connectivity index (χ1n) is 9.52. The summed E-state index contributed by atoms with van der Waals surface area (Å²) in [6.07, 6.45) is 7.13. The van der Waals surface area contributed by atoms with E-state index < -0.39 is 0 Å². The van der Waals surface area contributed by atoms with Gasteiger partial charge in [0.25, 0.3) is 0 Å². The van der Waals surface area contributed by atoms with E-state index in [1.54, 1.807) is 7.11 Å². The van der Waals surface area contributed by atoms with Crippen LogP contribution in [0.4, 0.5) is 0 Å². The van der Waals surface area contributed by atoms with Crippen molar-refractivity contribution in [3.05, 3.63) is 29.8 Å². The van der Waals surface area contributed by atoms with Gasteiger partial charge < -0.3 is 9.84 Å². The van der Waals surface area contributed by atoms with E-state index in [9.17, 15) is 5.11 Å². The molecule has 0 radical (unpaired) electrons. The van der Waals surface area contributed by atoms with Gasteiger partial charge in [-0.2, -0.15) is 0 Å². The van der Waals surface area contributed by atoms with Gasteiger partial charge in [0.05, 0.1) is 13.2 Å². The second-order valence-electron chi connectivity index (χ2n) is 7.32. The van der Waals surface area contributed by atoms with E-state index in [4.69, 9.17) is 4.74 Å². The van der Waals surface area contributed by atoms with Crippen molar-refractivity contribution in [1.82, 2.24) is 9.80 Å². The fourth-order valence-corrected chi connectivity index (χ4v) is 4.10. The number of methoxy groups -OCH3 is 1. The predicted molar refractivity (Wildman–Crippen MR) is 97.6 cm³/mol. The average Bonchev–Trinajstić information content (AvgIpc) is 3.16. The molecule has 0 bridgehead atoms. The molecule has 1 aliphatic heterocycles. The van der Waals surface area contributed by atoms with Crippen molar-refractivity contribution in [3.8, 4) is 5.75 Å². The van der Waals surface area contributed by atoms with Crippen LogP contribution in [-0.2, 0) is 6.42 Å². The molecule has 0 aromatic heterocycles. The van der Waals surface area contributed by atoms with Crippen molar-refractivity contribution < 1.29 is 9.84 Å². The highest BCUT2D eigenvalue weighted by molar-refractivity contribution is 5.27. The van der Waals surface area contributed by atoms with Crippen LogP contribution in [-0.4, -0.2) is 66.9 Å². The molecule has 1 N–H and O–H groups in total. The van der Waals surface area contributed by atoms with Crippen molar-refractivity contribution in [1.29, 1.82) is 0 Å². The number of hydrogen-bond donors (Lipinski definition) is 1. The van der Waals surface area contributed by atoms with Crippen LogP contribution >= 0.6 is 0 Å². The minimum atomic E-state index is -0.231. The smallest absolute Gasteiger partial charge is 0.118 e. The molecule has 4 heteroatoms. The Kier molecular flexibility index (Phi) is 6.52. The van der Waals surface area contributed by atoms with Crippen LogP contribution in [0.5, 0.6) is 5.75 Å². The van der Waals surface area contributed by atoms with E-state index >= 15 is 0 Å². The fraction of sp³-hybridized carbons (Fsp3) is 0.700. The maximum Gasteiger partial charge on any atom is 0.118 e. The number of nitrogens with zero attached hydrogens (tertiary/aromatic N) is 2. The second kappa shape index (κ2) is 8.84. The maximum atomic E-state index is 10.4. The van der Waals surface area contributed by atoms with Gasteiger partial charge in [0.15, 0.2) is 0 Å². The molecule has 4 nitrogen and oxygen atoms in total. The number of piperazine rings is 1. The molecule has 134 valence electrons. The van der Waals surface area contributed by atoms with Crippen LogP contribution in [0.15, 0.2) is 24.3 Å². The summed E-state index contributed by atoms with van der Waals surface area (Å²) >= 11 is 0. The molecule has 1 unspecified atom stereocenters. The standard InChI is InChI=1S/C20H32N2O2/c1-24-20-10-7-17(8-11-20)6-9-19(23)16-21-12-14-22(15-13-21)18-4-2-3-5-18/h7-8,10-11,18-19,23H,2-6,9,12-16H2,1H3. The van der Waals surface area contributed by atoms with Crippen LogP contribution in [0, 0.1) is 0 Å². The van der Waals surface area contributed by atoms with Crippen LogP contribution in [0.2, 0.25) is 0 Å². The lowest BCUT2D eigenvalue weighted by Crippen LogP contribution is -2.51. The topological polar surface area (TPSA) is 35.9 Å². The molecule has 0 spiro atoms. The summed E-state index contributed by atoms with van der Waals surface area (Å²) in [5, 5.41) is 10.4. The number of aryl methyl sites for hydroxylation is 1. The highest BCUT2D eigenvalue weighted by atomic mass is 16.5. The fourth-order valence-electron chi connectivity index (χ4n) is 4.10. The quantitative estimate of drug-likeness (QED) is 0.832. The van der Waals surface area contributed by atoms with Crippen LogP contribution in [0.1, 0.15) is 37.7 Å². The van der Waals surface area contributed by atoms with Gasteiger partial charge in [-0.05, 0) is 43.4 Å². The summed E-state index contributed by atoms with van der Waals surface area (Å²) in [6, 6.07) is 9.00. The summed E-state index contributed by atoms with van der Waals surface area (Å²) in [4.78, 5) is 5.11. The van der Waals surface area contributed by atoms with Gasteiger partial charge >= 0.3 is 0 Å². The van der Waals surface area contributed by atoms with Gasteiger partial charge in [-0.1, -0.05) is 25.0 Å². The molecular weight excluding hydrogens is 300 g/mol.